The van der Waals surface area contributed by atoms with E-state index in [1.165, 1.54) is 18.2 Å². The maximum atomic E-state index is 12.8. The molecule has 2 fully saturated rings. The molecule has 13 heteroatoms. The number of anilines is 2. The van der Waals surface area contributed by atoms with Crippen molar-refractivity contribution in [2.45, 2.75) is 4.90 Å². The molecule has 2 aliphatic heterocycles. The molecule has 0 bridgehead atoms. The fourth-order valence-corrected chi connectivity index (χ4v) is 5.35. The number of nitro groups is 1. The molecule has 2 aromatic carbocycles. The molecule has 4 rings (SSSR count). The summed E-state index contributed by atoms with van der Waals surface area (Å²) in [6.45, 7) is 2.33. The van der Waals surface area contributed by atoms with Crippen LogP contribution in [-0.2, 0) is 14.3 Å². The first-order valence-corrected chi connectivity index (χ1v) is 13.2. The molecule has 0 radical (unpaired) electrons. The van der Waals surface area contributed by atoms with Gasteiger partial charge in [-0.15, -0.1) is 11.8 Å². The molecule has 194 valence electrons. The van der Waals surface area contributed by atoms with Crippen LogP contribution in [-0.4, -0.2) is 77.2 Å². The van der Waals surface area contributed by atoms with E-state index < -0.39 is 28.5 Å². The topological polar surface area (TPSA) is 142 Å². The summed E-state index contributed by atoms with van der Waals surface area (Å²) in [4.78, 5) is 52.2. The van der Waals surface area contributed by atoms with Crippen molar-refractivity contribution in [3.8, 4) is 0 Å². The molecule has 0 aliphatic carbocycles. The lowest BCUT2D eigenvalue weighted by molar-refractivity contribution is -0.387. The van der Waals surface area contributed by atoms with E-state index in [4.69, 9.17) is 9.84 Å². The summed E-state index contributed by atoms with van der Waals surface area (Å²) < 4.78 is 5.35. The number of aliphatic hydroxyl groups is 1. The second kappa shape index (κ2) is 12.2. The van der Waals surface area contributed by atoms with Crippen LogP contribution in [0, 0.1) is 10.1 Å². The third-order valence-electron chi connectivity index (χ3n) is 5.53. The number of thioether (sulfide) groups is 2. The van der Waals surface area contributed by atoms with Gasteiger partial charge in [0.2, 0.25) is 5.91 Å². The van der Waals surface area contributed by atoms with Gasteiger partial charge in [-0.25, -0.2) is 0 Å². The van der Waals surface area contributed by atoms with Gasteiger partial charge in [-0.1, -0.05) is 6.07 Å². The number of morpholine rings is 1. The van der Waals surface area contributed by atoms with Crippen LogP contribution < -0.4 is 10.2 Å². The summed E-state index contributed by atoms with van der Waals surface area (Å²) in [5.74, 6) is -0.864. The van der Waals surface area contributed by atoms with Crippen molar-refractivity contribution in [2.24, 2.45) is 0 Å². The van der Waals surface area contributed by atoms with Gasteiger partial charge >= 0.3 is 0 Å². The van der Waals surface area contributed by atoms with Crippen molar-refractivity contribution in [3.63, 3.8) is 0 Å². The zero-order chi connectivity index (χ0) is 26.4. The zero-order valence-electron chi connectivity index (χ0n) is 19.6. The number of nitro benzene ring substituents is 1. The van der Waals surface area contributed by atoms with Gasteiger partial charge in [0.05, 0.1) is 34.5 Å². The predicted octanol–water partition coefficient (Wildman–Crippen LogP) is 3.19. The molecule has 0 unspecified atom stereocenters. The minimum atomic E-state index is -0.644. The molecular formula is C24H24N4O7S2. The van der Waals surface area contributed by atoms with Crippen LogP contribution >= 0.6 is 23.5 Å². The molecule has 2 heterocycles. The summed E-state index contributed by atoms with van der Waals surface area (Å²) in [7, 11) is 0. The van der Waals surface area contributed by atoms with Crippen LogP contribution in [0.2, 0.25) is 0 Å². The van der Waals surface area contributed by atoms with E-state index in [1.807, 2.05) is 12.1 Å². The van der Waals surface area contributed by atoms with Crippen LogP contribution in [0.25, 0.3) is 6.08 Å². The second-order valence-corrected chi connectivity index (χ2v) is 10.1. The Bertz CT molecular complexity index is 1230. The van der Waals surface area contributed by atoms with Crippen molar-refractivity contribution in [1.29, 1.82) is 0 Å². The van der Waals surface area contributed by atoms with Gasteiger partial charge in [0.25, 0.3) is 16.8 Å². The molecular weight excluding hydrogens is 520 g/mol. The number of imide groups is 1. The van der Waals surface area contributed by atoms with E-state index in [-0.39, 0.29) is 17.2 Å². The van der Waals surface area contributed by atoms with E-state index >= 15 is 0 Å². The highest BCUT2D eigenvalue weighted by atomic mass is 32.2. The molecule has 2 aromatic rings. The van der Waals surface area contributed by atoms with Crippen molar-refractivity contribution in [3.05, 3.63) is 63.0 Å². The smallest absolute Gasteiger partial charge is 0.294 e. The molecule has 0 aromatic heterocycles. The molecule has 11 nitrogen and oxygen atoms in total. The highest BCUT2D eigenvalue weighted by molar-refractivity contribution is 8.18. The highest BCUT2D eigenvalue weighted by Crippen LogP contribution is 2.35. The van der Waals surface area contributed by atoms with Crippen molar-refractivity contribution in [2.75, 3.05) is 55.4 Å². The first-order valence-electron chi connectivity index (χ1n) is 11.4. The van der Waals surface area contributed by atoms with Gasteiger partial charge in [0.1, 0.15) is 6.54 Å². The Morgan fingerprint density at radius 2 is 1.92 bits per heavy atom. The normalized spacial score (nSPS) is 16.9. The lowest BCUT2D eigenvalue weighted by atomic mass is 10.2. The molecule has 0 saturated carbocycles. The largest absolute Gasteiger partial charge is 0.396 e. The third-order valence-corrected chi connectivity index (χ3v) is 7.48. The van der Waals surface area contributed by atoms with Gasteiger partial charge in [-0.05, 0) is 53.7 Å². The molecule has 0 spiro atoms. The first-order chi connectivity index (χ1) is 17.9. The Morgan fingerprint density at radius 1 is 1.19 bits per heavy atom. The van der Waals surface area contributed by atoms with Gasteiger partial charge in [-0.3, -0.25) is 29.4 Å². The number of amides is 3. The lowest BCUT2D eigenvalue weighted by Gasteiger charge is -2.28. The molecule has 37 heavy (non-hydrogen) atoms. The Morgan fingerprint density at radius 3 is 2.59 bits per heavy atom. The fourth-order valence-electron chi connectivity index (χ4n) is 3.75. The number of carbonyl (C=O) groups excluding carboxylic acids is 3. The van der Waals surface area contributed by atoms with Crippen LogP contribution in [0.4, 0.5) is 21.9 Å². The number of nitrogens with zero attached hydrogens (tertiary/aromatic N) is 3. The third kappa shape index (κ3) is 6.68. The standard InChI is InChI=1S/C24H24N4O7S2/c29-9-12-36-20-6-1-16(13-19(20)28(33)34)14-21-23(31)27(24(32)37-21)15-22(30)25-17-2-4-18(5-3-17)26-7-10-35-11-8-26/h1-6,13-14,29H,7-12,15H2,(H,25,30). The summed E-state index contributed by atoms with van der Waals surface area (Å²) in [6, 6.07) is 11.7. The number of aliphatic hydroxyl groups excluding tert-OH is 1. The molecule has 0 atom stereocenters. The Labute approximate surface area is 221 Å². The minimum absolute atomic E-state index is 0.0673. The molecule has 3 amide bonds. The minimum Gasteiger partial charge on any atom is -0.396 e. The second-order valence-electron chi connectivity index (χ2n) is 8.02. The van der Waals surface area contributed by atoms with Crippen LogP contribution in [0.15, 0.2) is 52.3 Å². The highest BCUT2D eigenvalue weighted by Gasteiger charge is 2.36. The molecule has 2 N–H and O–H groups in total. The average molecular weight is 545 g/mol. The predicted molar refractivity (Wildman–Crippen MR) is 142 cm³/mol. The van der Waals surface area contributed by atoms with E-state index in [0.29, 0.717) is 46.9 Å². The summed E-state index contributed by atoms with van der Waals surface area (Å²) in [5, 5.41) is 22.5. The Kier molecular flexibility index (Phi) is 8.82. The lowest BCUT2D eigenvalue weighted by Crippen LogP contribution is -2.36. The van der Waals surface area contributed by atoms with Gasteiger partial charge < -0.3 is 20.1 Å². The van der Waals surface area contributed by atoms with Crippen LogP contribution in [0.5, 0.6) is 0 Å². The fraction of sp³-hybridized carbons (Fsp3) is 0.292. The Hall–Kier alpha value is -3.39. The molecule has 2 aliphatic rings. The maximum Gasteiger partial charge on any atom is 0.294 e. The van der Waals surface area contributed by atoms with Crippen molar-refractivity contribution < 1.29 is 29.2 Å². The monoisotopic (exact) mass is 544 g/mol. The maximum absolute atomic E-state index is 12.8. The van der Waals surface area contributed by atoms with Crippen molar-refractivity contribution in [1.82, 2.24) is 4.90 Å². The summed E-state index contributed by atoms with van der Waals surface area (Å²) in [6.07, 6.45) is 1.39. The Balaban J connectivity index is 1.39. The van der Waals surface area contributed by atoms with Crippen LogP contribution in [0.3, 0.4) is 0 Å². The molecule has 2 saturated heterocycles. The summed E-state index contributed by atoms with van der Waals surface area (Å²) >= 11 is 1.81. The first kappa shape index (κ1) is 26.7. The van der Waals surface area contributed by atoms with E-state index in [1.54, 1.807) is 18.2 Å². The van der Waals surface area contributed by atoms with Crippen molar-refractivity contribution >= 4 is 63.7 Å². The zero-order valence-corrected chi connectivity index (χ0v) is 21.3. The quantitative estimate of drug-likeness (QED) is 0.209. The average Bonchev–Trinajstić information content (AvgIpc) is 3.15. The number of ether oxygens (including phenoxy) is 1. The number of hydrogen-bond acceptors (Lipinski definition) is 10. The van der Waals surface area contributed by atoms with Gasteiger partial charge in [0.15, 0.2) is 0 Å². The number of nitrogens with one attached hydrogen (secondary N) is 1. The van der Waals surface area contributed by atoms with Crippen LogP contribution in [0.1, 0.15) is 5.56 Å². The SMILES string of the molecule is O=C(CN1C(=O)SC(=Cc2ccc(SCCO)c([N+](=O)[O-])c2)C1=O)Nc1ccc(N2CCOCC2)cc1. The van der Waals surface area contributed by atoms with E-state index in [9.17, 15) is 24.5 Å². The number of rotatable bonds is 9. The summed E-state index contributed by atoms with van der Waals surface area (Å²) in [5.41, 5.74) is 1.76. The van der Waals surface area contributed by atoms with Gasteiger partial charge in [-0.2, -0.15) is 0 Å². The van der Waals surface area contributed by atoms with E-state index in [0.717, 1.165) is 35.4 Å². The number of carbonyl (C=O) groups is 3. The number of benzene rings is 2. The number of hydrogen-bond donors (Lipinski definition) is 2. The van der Waals surface area contributed by atoms with E-state index in [2.05, 4.69) is 10.2 Å². The van der Waals surface area contributed by atoms with Gasteiger partial charge in [0, 0.05) is 36.3 Å².